The lowest BCUT2D eigenvalue weighted by molar-refractivity contribution is -0.137. The largest absolute Gasteiger partial charge is 0.416 e. The third kappa shape index (κ3) is 4.33. The Morgan fingerprint density at radius 3 is 2.81 bits per heavy atom. The average molecular weight is 363 g/mol. The number of carbonyl (C=O) groups is 1. The first kappa shape index (κ1) is 18.2. The molecule has 0 saturated carbocycles. The lowest BCUT2D eigenvalue weighted by Crippen LogP contribution is -2.34. The Balaban J connectivity index is 1.75. The first-order valence-electron chi connectivity index (χ1n) is 8.51. The molecule has 1 aliphatic rings. The number of benzene rings is 1. The van der Waals surface area contributed by atoms with Crippen molar-refractivity contribution in [1.82, 2.24) is 4.98 Å². The number of rotatable bonds is 3. The lowest BCUT2D eigenvalue weighted by atomic mass is 10.00. The fraction of sp³-hybridized carbons (Fsp3) is 0.368. The molecule has 2 aromatic rings. The SMILES string of the molecule is CC1CCCN(c2cncc(C(=O)Nc3cccc(C(F)(F)F)c3)c2)C1. The molecule has 2 heterocycles. The van der Waals surface area contributed by atoms with Crippen molar-refractivity contribution in [2.24, 2.45) is 5.92 Å². The molecule has 1 amide bonds. The molecule has 0 aliphatic carbocycles. The Morgan fingerprint density at radius 1 is 1.27 bits per heavy atom. The number of piperidine rings is 1. The second kappa shape index (κ2) is 7.35. The van der Waals surface area contributed by atoms with Crippen LogP contribution in [0.15, 0.2) is 42.7 Å². The number of nitrogens with one attached hydrogen (secondary N) is 1. The van der Waals surface area contributed by atoms with Gasteiger partial charge in [-0.1, -0.05) is 13.0 Å². The van der Waals surface area contributed by atoms with Crippen LogP contribution in [0.5, 0.6) is 0 Å². The van der Waals surface area contributed by atoms with Crippen LogP contribution < -0.4 is 10.2 Å². The smallest absolute Gasteiger partial charge is 0.370 e. The molecule has 0 radical (unpaired) electrons. The Morgan fingerprint density at radius 2 is 2.08 bits per heavy atom. The number of pyridine rings is 1. The summed E-state index contributed by atoms with van der Waals surface area (Å²) in [6, 6.07) is 6.31. The molecule has 1 atom stereocenters. The van der Waals surface area contributed by atoms with Gasteiger partial charge in [-0.2, -0.15) is 13.2 Å². The third-order valence-electron chi connectivity index (χ3n) is 4.46. The number of hydrogen-bond donors (Lipinski definition) is 1. The first-order valence-corrected chi connectivity index (χ1v) is 8.51. The fourth-order valence-electron chi connectivity index (χ4n) is 3.13. The number of nitrogens with zero attached hydrogens (tertiary/aromatic N) is 2. The normalized spacial score (nSPS) is 17.8. The molecule has 1 aromatic carbocycles. The van der Waals surface area contributed by atoms with E-state index in [1.54, 1.807) is 12.3 Å². The number of halogens is 3. The molecule has 1 unspecified atom stereocenters. The summed E-state index contributed by atoms with van der Waals surface area (Å²) in [5.41, 5.74) is 0.470. The van der Waals surface area contributed by atoms with Gasteiger partial charge in [0.25, 0.3) is 5.91 Å². The summed E-state index contributed by atoms with van der Waals surface area (Å²) >= 11 is 0. The van der Waals surface area contributed by atoms with Gasteiger partial charge in [0.05, 0.1) is 23.0 Å². The zero-order valence-electron chi connectivity index (χ0n) is 14.4. The molecule has 7 heteroatoms. The van der Waals surface area contributed by atoms with Crippen molar-refractivity contribution in [3.8, 4) is 0 Å². The molecule has 26 heavy (non-hydrogen) atoms. The maximum absolute atomic E-state index is 12.8. The molecule has 1 saturated heterocycles. The lowest BCUT2D eigenvalue weighted by Gasteiger charge is -2.32. The second-order valence-corrected chi connectivity index (χ2v) is 6.66. The number of carbonyl (C=O) groups excluding carboxylic acids is 1. The van der Waals surface area contributed by atoms with E-state index in [1.807, 2.05) is 0 Å². The van der Waals surface area contributed by atoms with E-state index in [1.165, 1.54) is 24.8 Å². The molecule has 4 nitrogen and oxygen atoms in total. The minimum Gasteiger partial charge on any atom is -0.370 e. The Bertz CT molecular complexity index is 792. The molecule has 0 spiro atoms. The third-order valence-corrected chi connectivity index (χ3v) is 4.46. The van der Waals surface area contributed by atoms with E-state index in [0.717, 1.165) is 37.3 Å². The molecule has 1 fully saturated rings. The van der Waals surface area contributed by atoms with E-state index >= 15 is 0 Å². The predicted molar refractivity (Wildman–Crippen MR) is 94.2 cm³/mol. The van der Waals surface area contributed by atoms with Gasteiger partial charge in [-0.15, -0.1) is 0 Å². The van der Waals surface area contributed by atoms with Crippen molar-refractivity contribution in [3.05, 3.63) is 53.9 Å². The number of amides is 1. The highest BCUT2D eigenvalue weighted by Crippen LogP contribution is 2.31. The van der Waals surface area contributed by atoms with Gasteiger partial charge in [0, 0.05) is 25.0 Å². The van der Waals surface area contributed by atoms with Gasteiger partial charge in [-0.25, -0.2) is 0 Å². The highest BCUT2D eigenvalue weighted by atomic mass is 19.4. The number of hydrogen-bond acceptors (Lipinski definition) is 3. The van der Waals surface area contributed by atoms with Gasteiger partial charge in [-0.05, 0) is 43.0 Å². The van der Waals surface area contributed by atoms with E-state index < -0.39 is 17.6 Å². The number of alkyl halides is 3. The van der Waals surface area contributed by atoms with E-state index in [-0.39, 0.29) is 5.69 Å². The zero-order valence-corrected chi connectivity index (χ0v) is 14.4. The van der Waals surface area contributed by atoms with Gasteiger partial charge in [0.15, 0.2) is 0 Å². The summed E-state index contributed by atoms with van der Waals surface area (Å²) in [6.07, 6.45) is 0.938. The highest BCUT2D eigenvalue weighted by Gasteiger charge is 2.30. The van der Waals surface area contributed by atoms with Crippen LogP contribution in [0.1, 0.15) is 35.7 Å². The molecular formula is C19H20F3N3O. The maximum Gasteiger partial charge on any atom is 0.416 e. The first-order chi connectivity index (χ1) is 12.3. The number of anilines is 2. The van der Waals surface area contributed by atoms with Crippen LogP contribution in [0.3, 0.4) is 0 Å². The van der Waals surface area contributed by atoms with Crippen LogP contribution in [0.25, 0.3) is 0 Å². The van der Waals surface area contributed by atoms with E-state index in [4.69, 9.17) is 0 Å². The summed E-state index contributed by atoms with van der Waals surface area (Å²) in [5.74, 6) is 0.0927. The van der Waals surface area contributed by atoms with Gasteiger partial charge >= 0.3 is 6.18 Å². The predicted octanol–water partition coefficient (Wildman–Crippen LogP) is 4.59. The highest BCUT2D eigenvalue weighted by molar-refractivity contribution is 6.04. The molecule has 138 valence electrons. The van der Waals surface area contributed by atoms with Gasteiger partial charge in [-0.3, -0.25) is 9.78 Å². The van der Waals surface area contributed by atoms with Crippen LogP contribution in [0.4, 0.5) is 24.5 Å². The summed E-state index contributed by atoms with van der Waals surface area (Å²) in [5, 5.41) is 2.51. The summed E-state index contributed by atoms with van der Waals surface area (Å²) in [7, 11) is 0. The van der Waals surface area contributed by atoms with Gasteiger partial charge < -0.3 is 10.2 Å². The van der Waals surface area contributed by atoms with Gasteiger partial charge in [0.1, 0.15) is 0 Å². The maximum atomic E-state index is 12.8. The molecule has 1 N–H and O–H groups in total. The van der Waals surface area contributed by atoms with Gasteiger partial charge in [0.2, 0.25) is 0 Å². The summed E-state index contributed by atoms with van der Waals surface area (Å²) in [6.45, 7) is 3.99. The molecular weight excluding hydrogens is 343 g/mol. The van der Waals surface area contributed by atoms with E-state index in [0.29, 0.717) is 11.5 Å². The standard InChI is InChI=1S/C19H20F3N3O/c1-13-4-3-7-25(12-13)17-8-14(10-23-11-17)18(26)24-16-6-2-5-15(9-16)19(20,21)22/h2,5-6,8-11,13H,3-4,7,12H2,1H3,(H,24,26). The summed E-state index contributed by atoms with van der Waals surface area (Å²) in [4.78, 5) is 18.7. The number of aromatic nitrogens is 1. The molecule has 3 rings (SSSR count). The van der Waals surface area contributed by atoms with Crippen LogP contribution >= 0.6 is 0 Å². The van der Waals surface area contributed by atoms with Crippen molar-refractivity contribution in [2.75, 3.05) is 23.3 Å². The minimum absolute atomic E-state index is 0.0989. The fourth-order valence-corrected chi connectivity index (χ4v) is 3.13. The Kier molecular flexibility index (Phi) is 5.15. The Hall–Kier alpha value is -2.57. The zero-order chi connectivity index (χ0) is 18.7. The van der Waals surface area contributed by atoms with Crippen LogP contribution in [0, 0.1) is 5.92 Å². The quantitative estimate of drug-likeness (QED) is 0.868. The second-order valence-electron chi connectivity index (χ2n) is 6.66. The van der Waals surface area contributed by atoms with Crippen molar-refractivity contribution in [3.63, 3.8) is 0 Å². The van der Waals surface area contributed by atoms with Crippen LogP contribution in [-0.4, -0.2) is 24.0 Å². The van der Waals surface area contributed by atoms with E-state index in [2.05, 4.69) is 22.1 Å². The molecule has 1 aromatic heterocycles. The molecule has 0 bridgehead atoms. The van der Waals surface area contributed by atoms with E-state index in [9.17, 15) is 18.0 Å². The molecule has 1 aliphatic heterocycles. The Labute approximate surface area is 150 Å². The van der Waals surface area contributed by atoms with Crippen LogP contribution in [0.2, 0.25) is 0 Å². The van der Waals surface area contributed by atoms with Crippen LogP contribution in [-0.2, 0) is 6.18 Å². The minimum atomic E-state index is -4.45. The van der Waals surface area contributed by atoms with Crippen molar-refractivity contribution in [2.45, 2.75) is 25.9 Å². The summed E-state index contributed by atoms with van der Waals surface area (Å²) < 4.78 is 38.4. The van der Waals surface area contributed by atoms with Crippen molar-refractivity contribution in [1.29, 1.82) is 0 Å². The van der Waals surface area contributed by atoms with Crippen molar-refractivity contribution >= 4 is 17.3 Å². The van der Waals surface area contributed by atoms with Crippen molar-refractivity contribution < 1.29 is 18.0 Å². The topological polar surface area (TPSA) is 45.2 Å². The monoisotopic (exact) mass is 363 g/mol. The average Bonchev–Trinajstić information content (AvgIpc) is 2.61.